The zero-order valence-corrected chi connectivity index (χ0v) is 12.2. The minimum atomic E-state index is 0.530. The summed E-state index contributed by atoms with van der Waals surface area (Å²) in [6.07, 6.45) is 3.78. The zero-order valence-electron chi connectivity index (χ0n) is 12.2. The molecular weight excluding hydrogens is 242 g/mol. The van der Waals surface area contributed by atoms with Crippen molar-refractivity contribution in [2.75, 3.05) is 26.6 Å². The maximum atomic E-state index is 5.37. The summed E-state index contributed by atoms with van der Waals surface area (Å²) in [7, 11) is 4.89. The fourth-order valence-electron chi connectivity index (χ4n) is 2.43. The van der Waals surface area contributed by atoms with Gasteiger partial charge in [-0.05, 0) is 25.2 Å². The average molecular weight is 265 g/mol. The number of ether oxygens (including phenoxy) is 3. The van der Waals surface area contributed by atoms with Crippen LogP contribution in [-0.2, 0) is 0 Å². The predicted molar refractivity (Wildman–Crippen MR) is 76.5 cm³/mol. The second-order valence-corrected chi connectivity index (χ2v) is 4.91. The third kappa shape index (κ3) is 3.06. The minimum absolute atomic E-state index is 0.530. The van der Waals surface area contributed by atoms with Gasteiger partial charge in [-0.25, -0.2) is 0 Å². The van der Waals surface area contributed by atoms with Crippen LogP contribution < -0.4 is 19.5 Å². The summed E-state index contributed by atoms with van der Waals surface area (Å²) in [5.74, 6) is 2.82. The monoisotopic (exact) mass is 265 g/mol. The molecule has 1 fully saturated rings. The van der Waals surface area contributed by atoms with E-state index in [0.717, 1.165) is 18.0 Å². The molecule has 1 aromatic rings. The van der Waals surface area contributed by atoms with Crippen molar-refractivity contribution in [1.29, 1.82) is 0 Å². The standard InChI is InChI=1S/C15H23NO3/c1-5-12(10-6-7-10)16-11-8-13(17-2)15(19-4)14(9-11)18-3/h8-10,12,16H,5-7H2,1-4H3. The molecule has 1 atom stereocenters. The lowest BCUT2D eigenvalue weighted by Gasteiger charge is -2.20. The molecule has 1 N–H and O–H groups in total. The largest absolute Gasteiger partial charge is 0.493 e. The maximum absolute atomic E-state index is 5.37. The quantitative estimate of drug-likeness (QED) is 0.821. The molecule has 0 spiro atoms. The van der Waals surface area contributed by atoms with Gasteiger partial charge >= 0.3 is 0 Å². The SMILES string of the molecule is CCC(Nc1cc(OC)c(OC)c(OC)c1)C1CC1. The van der Waals surface area contributed by atoms with E-state index in [1.165, 1.54) is 12.8 Å². The Hall–Kier alpha value is -1.58. The van der Waals surface area contributed by atoms with Gasteiger partial charge in [0.25, 0.3) is 0 Å². The fourth-order valence-corrected chi connectivity index (χ4v) is 2.43. The van der Waals surface area contributed by atoms with E-state index in [0.29, 0.717) is 23.3 Å². The number of hydrogen-bond acceptors (Lipinski definition) is 4. The van der Waals surface area contributed by atoms with E-state index in [9.17, 15) is 0 Å². The van der Waals surface area contributed by atoms with E-state index >= 15 is 0 Å². The summed E-state index contributed by atoms with van der Waals surface area (Å²) < 4.78 is 16.1. The van der Waals surface area contributed by atoms with Crippen LogP contribution in [0.3, 0.4) is 0 Å². The molecule has 0 amide bonds. The van der Waals surface area contributed by atoms with Gasteiger partial charge in [0, 0.05) is 23.9 Å². The van der Waals surface area contributed by atoms with Crippen LogP contribution in [0.15, 0.2) is 12.1 Å². The molecule has 2 rings (SSSR count). The first-order valence-corrected chi connectivity index (χ1v) is 6.80. The number of rotatable bonds is 7. The topological polar surface area (TPSA) is 39.7 Å². The highest BCUT2D eigenvalue weighted by atomic mass is 16.5. The Morgan fingerprint density at radius 1 is 1.11 bits per heavy atom. The minimum Gasteiger partial charge on any atom is -0.493 e. The van der Waals surface area contributed by atoms with Gasteiger partial charge in [0.15, 0.2) is 11.5 Å². The van der Waals surface area contributed by atoms with Gasteiger partial charge in [-0.1, -0.05) is 6.92 Å². The first-order chi connectivity index (χ1) is 9.23. The van der Waals surface area contributed by atoms with E-state index in [-0.39, 0.29) is 0 Å². The van der Waals surface area contributed by atoms with Crippen LogP contribution in [0.1, 0.15) is 26.2 Å². The Kier molecular flexibility index (Phi) is 4.40. The van der Waals surface area contributed by atoms with Crippen LogP contribution >= 0.6 is 0 Å². The molecule has 1 aliphatic carbocycles. The van der Waals surface area contributed by atoms with Crippen LogP contribution in [-0.4, -0.2) is 27.4 Å². The molecular formula is C15H23NO3. The molecule has 0 saturated heterocycles. The van der Waals surface area contributed by atoms with Crippen molar-refractivity contribution in [2.45, 2.75) is 32.2 Å². The molecule has 0 aromatic heterocycles. The van der Waals surface area contributed by atoms with E-state index in [1.807, 2.05) is 12.1 Å². The highest BCUT2D eigenvalue weighted by Gasteiger charge is 2.30. The lowest BCUT2D eigenvalue weighted by Crippen LogP contribution is -2.20. The Balaban J connectivity index is 2.24. The molecule has 1 aromatic carbocycles. The van der Waals surface area contributed by atoms with Crippen molar-refractivity contribution in [1.82, 2.24) is 0 Å². The third-order valence-electron chi connectivity index (χ3n) is 3.65. The predicted octanol–water partition coefficient (Wildman–Crippen LogP) is 3.31. The molecule has 1 unspecified atom stereocenters. The van der Waals surface area contributed by atoms with E-state index in [1.54, 1.807) is 21.3 Å². The molecule has 19 heavy (non-hydrogen) atoms. The molecule has 1 aliphatic rings. The van der Waals surface area contributed by atoms with E-state index < -0.39 is 0 Å². The van der Waals surface area contributed by atoms with Crippen molar-refractivity contribution >= 4 is 5.69 Å². The Morgan fingerprint density at radius 3 is 2.05 bits per heavy atom. The van der Waals surface area contributed by atoms with Crippen LogP contribution in [0, 0.1) is 5.92 Å². The maximum Gasteiger partial charge on any atom is 0.203 e. The summed E-state index contributed by atoms with van der Waals surface area (Å²) in [5, 5.41) is 3.58. The third-order valence-corrected chi connectivity index (χ3v) is 3.65. The Bertz CT molecular complexity index is 404. The highest BCUT2D eigenvalue weighted by molar-refractivity contribution is 5.62. The molecule has 4 nitrogen and oxygen atoms in total. The summed E-state index contributed by atoms with van der Waals surface area (Å²) >= 11 is 0. The van der Waals surface area contributed by atoms with Gasteiger partial charge in [0.05, 0.1) is 21.3 Å². The van der Waals surface area contributed by atoms with Crippen LogP contribution in [0.5, 0.6) is 17.2 Å². The summed E-state index contributed by atoms with van der Waals surface area (Å²) in [6, 6.07) is 4.46. The molecule has 106 valence electrons. The first-order valence-electron chi connectivity index (χ1n) is 6.80. The summed E-state index contributed by atoms with van der Waals surface area (Å²) in [5.41, 5.74) is 1.02. The molecule has 0 radical (unpaired) electrons. The smallest absolute Gasteiger partial charge is 0.203 e. The fraction of sp³-hybridized carbons (Fsp3) is 0.600. The van der Waals surface area contributed by atoms with Crippen molar-refractivity contribution in [3.8, 4) is 17.2 Å². The molecule has 0 bridgehead atoms. The summed E-state index contributed by atoms with van der Waals surface area (Å²) in [6.45, 7) is 2.22. The first kappa shape index (κ1) is 13.8. The number of nitrogens with one attached hydrogen (secondary N) is 1. The van der Waals surface area contributed by atoms with Gasteiger partial charge in [-0.15, -0.1) is 0 Å². The Labute approximate surface area is 115 Å². The lowest BCUT2D eigenvalue weighted by molar-refractivity contribution is 0.324. The average Bonchev–Trinajstić information content (AvgIpc) is 3.27. The number of anilines is 1. The van der Waals surface area contributed by atoms with Crippen molar-refractivity contribution in [3.05, 3.63) is 12.1 Å². The van der Waals surface area contributed by atoms with Gasteiger partial charge in [0.2, 0.25) is 5.75 Å². The number of benzene rings is 1. The molecule has 0 aliphatic heterocycles. The molecule has 0 heterocycles. The van der Waals surface area contributed by atoms with Gasteiger partial charge in [-0.3, -0.25) is 0 Å². The Morgan fingerprint density at radius 2 is 1.68 bits per heavy atom. The van der Waals surface area contributed by atoms with Gasteiger partial charge in [-0.2, -0.15) is 0 Å². The van der Waals surface area contributed by atoms with Crippen molar-refractivity contribution in [3.63, 3.8) is 0 Å². The van der Waals surface area contributed by atoms with Crippen molar-refractivity contribution in [2.24, 2.45) is 5.92 Å². The van der Waals surface area contributed by atoms with Crippen LogP contribution in [0.4, 0.5) is 5.69 Å². The summed E-state index contributed by atoms with van der Waals surface area (Å²) in [4.78, 5) is 0. The van der Waals surface area contributed by atoms with Gasteiger partial charge < -0.3 is 19.5 Å². The number of methoxy groups -OCH3 is 3. The van der Waals surface area contributed by atoms with Gasteiger partial charge in [0.1, 0.15) is 0 Å². The van der Waals surface area contributed by atoms with E-state index in [2.05, 4.69) is 12.2 Å². The van der Waals surface area contributed by atoms with Crippen LogP contribution in [0.25, 0.3) is 0 Å². The molecule has 1 saturated carbocycles. The van der Waals surface area contributed by atoms with Crippen LogP contribution in [0.2, 0.25) is 0 Å². The normalized spacial score (nSPS) is 15.8. The highest BCUT2D eigenvalue weighted by Crippen LogP contribution is 2.41. The molecule has 4 heteroatoms. The van der Waals surface area contributed by atoms with E-state index in [4.69, 9.17) is 14.2 Å². The lowest BCUT2D eigenvalue weighted by atomic mass is 10.1. The number of hydrogen-bond donors (Lipinski definition) is 1. The second kappa shape index (κ2) is 6.04. The van der Waals surface area contributed by atoms with Crippen molar-refractivity contribution < 1.29 is 14.2 Å². The second-order valence-electron chi connectivity index (χ2n) is 4.91. The zero-order chi connectivity index (χ0) is 13.8.